The predicted octanol–water partition coefficient (Wildman–Crippen LogP) is 3.91. The Balaban J connectivity index is 0.00000132. The molecule has 0 spiro atoms. The first kappa shape index (κ1) is 14.0. The molecule has 1 aliphatic rings. The van der Waals surface area contributed by atoms with Crippen LogP contribution in [0.5, 0.6) is 0 Å². The Morgan fingerprint density at radius 3 is 2.95 bits per heavy atom. The first-order chi connectivity index (χ1) is 9.72. The summed E-state index contributed by atoms with van der Waals surface area (Å²) in [5.74, 6) is -0.221. The molecule has 0 saturated heterocycles. The molecule has 108 valence electrons. The largest absolute Gasteiger partial charge is 0.269 e. The summed E-state index contributed by atoms with van der Waals surface area (Å²) < 4.78 is 15.4. The fourth-order valence-electron chi connectivity index (χ4n) is 2.98. The Morgan fingerprint density at radius 1 is 1.24 bits per heavy atom. The van der Waals surface area contributed by atoms with Crippen LogP contribution in [0.2, 0.25) is 0 Å². The van der Waals surface area contributed by atoms with Crippen molar-refractivity contribution in [1.29, 1.82) is 0 Å². The zero-order chi connectivity index (χ0) is 13.7. The third kappa shape index (κ3) is 2.20. The summed E-state index contributed by atoms with van der Waals surface area (Å²) in [5.41, 5.74) is 5.18. The Bertz CT molecular complexity index is 826. The van der Waals surface area contributed by atoms with Crippen LogP contribution < -0.4 is 0 Å². The molecule has 0 atom stereocenters. The Hall–Kier alpha value is -1.94. The first-order valence-corrected chi connectivity index (χ1v) is 6.84. The molecule has 5 heteroatoms. The number of pyridine rings is 1. The molecule has 0 fully saturated rings. The number of halogens is 2. The lowest BCUT2D eigenvalue weighted by atomic mass is 10.0. The van der Waals surface area contributed by atoms with Gasteiger partial charge in [0.2, 0.25) is 0 Å². The molecule has 0 unspecified atom stereocenters. The van der Waals surface area contributed by atoms with Crippen LogP contribution in [0, 0.1) is 12.7 Å². The highest BCUT2D eigenvalue weighted by atomic mass is 35.5. The van der Waals surface area contributed by atoms with Crippen molar-refractivity contribution in [2.24, 2.45) is 0 Å². The molecule has 0 radical (unpaired) electrons. The van der Waals surface area contributed by atoms with Crippen LogP contribution in [-0.4, -0.2) is 14.8 Å². The molecule has 0 amide bonds. The standard InChI is InChI=1S/C16H14FN3.ClH/c1-10-7-15(13-9-18-20-6-2-3-16(13)20)19-14-5-4-11(17)8-12(10)14;/h4-5,7-9H,2-3,6H2,1H3;1H. The Kier molecular flexibility index (Phi) is 3.41. The molecule has 0 aliphatic carbocycles. The van der Waals surface area contributed by atoms with Crippen molar-refractivity contribution in [1.82, 2.24) is 14.8 Å². The van der Waals surface area contributed by atoms with Crippen LogP contribution >= 0.6 is 12.4 Å². The Morgan fingerprint density at radius 2 is 2.10 bits per heavy atom. The minimum Gasteiger partial charge on any atom is -0.269 e. The molecule has 3 nitrogen and oxygen atoms in total. The van der Waals surface area contributed by atoms with Gasteiger partial charge in [0.1, 0.15) is 5.82 Å². The van der Waals surface area contributed by atoms with Gasteiger partial charge in [-0.15, -0.1) is 12.4 Å². The van der Waals surface area contributed by atoms with Crippen molar-refractivity contribution >= 4 is 23.3 Å². The van der Waals surface area contributed by atoms with Crippen molar-refractivity contribution in [3.05, 3.63) is 47.5 Å². The van der Waals surface area contributed by atoms with E-state index >= 15 is 0 Å². The number of aryl methyl sites for hydroxylation is 2. The molecule has 4 rings (SSSR count). The SMILES string of the molecule is Cc1cc(-c2cnn3c2CCC3)nc2ccc(F)cc12.Cl. The minimum absolute atomic E-state index is 0. The van der Waals surface area contributed by atoms with E-state index in [0.717, 1.165) is 47.1 Å². The normalized spacial score (nSPS) is 13.2. The van der Waals surface area contributed by atoms with Gasteiger partial charge in [0.25, 0.3) is 0 Å². The maximum Gasteiger partial charge on any atom is 0.123 e. The molecule has 3 aromatic rings. The van der Waals surface area contributed by atoms with Crippen molar-refractivity contribution in [3.8, 4) is 11.3 Å². The first-order valence-electron chi connectivity index (χ1n) is 6.84. The van der Waals surface area contributed by atoms with E-state index in [0.29, 0.717) is 0 Å². The quantitative estimate of drug-likeness (QED) is 0.682. The fraction of sp³-hybridized carbons (Fsp3) is 0.250. The second kappa shape index (κ2) is 5.11. The Labute approximate surface area is 128 Å². The van der Waals surface area contributed by atoms with E-state index in [1.807, 2.05) is 19.2 Å². The number of rotatable bonds is 1. The van der Waals surface area contributed by atoms with Gasteiger partial charge >= 0.3 is 0 Å². The van der Waals surface area contributed by atoms with E-state index in [1.54, 1.807) is 12.1 Å². The van der Waals surface area contributed by atoms with Crippen LogP contribution in [0.4, 0.5) is 4.39 Å². The lowest BCUT2D eigenvalue weighted by Gasteiger charge is -2.06. The number of nitrogens with zero attached hydrogens (tertiary/aromatic N) is 3. The van der Waals surface area contributed by atoms with Crippen LogP contribution in [0.1, 0.15) is 17.7 Å². The second-order valence-corrected chi connectivity index (χ2v) is 5.32. The summed E-state index contributed by atoms with van der Waals surface area (Å²) in [5, 5.41) is 5.29. The number of benzene rings is 1. The average Bonchev–Trinajstić information content (AvgIpc) is 3.01. The summed E-state index contributed by atoms with van der Waals surface area (Å²) >= 11 is 0. The third-order valence-corrected chi connectivity index (χ3v) is 3.99. The van der Waals surface area contributed by atoms with Gasteiger partial charge in [-0.2, -0.15) is 5.10 Å². The van der Waals surface area contributed by atoms with Crippen LogP contribution in [0.3, 0.4) is 0 Å². The lowest BCUT2D eigenvalue weighted by Crippen LogP contribution is -1.94. The number of hydrogen-bond donors (Lipinski definition) is 0. The summed E-state index contributed by atoms with van der Waals surface area (Å²) in [4.78, 5) is 4.68. The summed E-state index contributed by atoms with van der Waals surface area (Å²) in [7, 11) is 0. The van der Waals surface area contributed by atoms with E-state index in [-0.39, 0.29) is 18.2 Å². The highest BCUT2D eigenvalue weighted by Crippen LogP contribution is 2.30. The maximum atomic E-state index is 13.3. The molecule has 1 aliphatic heterocycles. The van der Waals surface area contributed by atoms with Gasteiger partial charge < -0.3 is 0 Å². The molecule has 2 aromatic heterocycles. The topological polar surface area (TPSA) is 30.7 Å². The van der Waals surface area contributed by atoms with Crippen molar-refractivity contribution in [3.63, 3.8) is 0 Å². The van der Waals surface area contributed by atoms with Crippen molar-refractivity contribution in [2.45, 2.75) is 26.3 Å². The smallest absolute Gasteiger partial charge is 0.123 e. The van der Waals surface area contributed by atoms with Gasteiger partial charge in [-0.1, -0.05) is 0 Å². The zero-order valence-electron chi connectivity index (χ0n) is 11.6. The molecule has 0 bridgehead atoms. The lowest BCUT2D eigenvalue weighted by molar-refractivity contribution is 0.629. The van der Waals surface area contributed by atoms with Crippen molar-refractivity contribution < 1.29 is 4.39 Å². The highest BCUT2D eigenvalue weighted by molar-refractivity contribution is 5.85. The number of aromatic nitrogens is 3. The van der Waals surface area contributed by atoms with Crippen LogP contribution in [0.15, 0.2) is 30.5 Å². The fourth-order valence-corrected chi connectivity index (χ4v) is 2.98. The van der Waals surface area contributed by atoms with Gasteiger partial charge in [-0.3, -0.25) is 4.68 Å². The van der Waals surface area contributed by atoms with E-state index in [1.165, 1.54) is 11.8 Å². The van der Waals surface area contributed by atoms with Crippen LogP contribution in [-0.2, 0) is 13.0 Å². The summed E-state index contributed by atoms with van der Waals surface area (Å²) in [6.45, 7) is 2.99. The average molecular weight is 304 g/mol. The van der Waals surface area contributed by atoms with Crippen LogP contribution in [0.25, 0.3) is 22.2 Å². The highest BCUT2D eigenvalue weighted by Gasteiger charge is 2.18. The van der Waals surface area contributed by atoms with E-state index in [9.17, 15) is 4.39 Å². The molecule has 1 aromatic carbocycles. The van der Waals surface area contributed by atoms with Gasteiger partial charge in [0.15, 0.2) is 0 Å². The molecule has 0 N–H and O–H groups in total. The van der Waals surface area contributed by atoms with E-state index in [4.69, 9.17) is 0 Å². The van der Waals surface area contributed by atoms with Gasteiger partial charge in [0, 0.05) is 23.2 Å². The molecule has 0 saturated carbocycles. The van der Waals surface area contributed by atoms with Gasteiger partial charge in [-0.25, -0.2) is 9.37 Å². The molecule has 3 heterocycles. The monoisotopic (exact) mass is 303 g/mol. The van der Waals surface area contributed by atoms with E-state index in [2.05, 4.69) is 14.8 Å². The predicted molar refractivity (Wildman–Crippen MR) is 83.2 cm³/mol. The third-order valence-electron chi connectivity index (χ3n) is 3.99. The van der Waals surface area contributed by atoms with Gasteiger partial charge in [-0.05, 0) is 49.6 Å². The minimum atomic E-state index is -0.221. The van der Waals surface area contributed by atoms with Crippen molar-refractivity contribution in [2.75, 3.05) is 0 Å². The molecular weight excluding hydrogens is 289 g/mol. The van der Waals surface area contributed by atoms with E-state index < -0.39 is 0 Å². The molecule has 21 heavy (non-hydrogen) atoms. The second-order valence-electron chi connectivity index (χ2n) is 5.32. The molecular formula is C16H15ClFN3. The number of hydrogen-bond acceptors (Lipinski definition) is 2. The zero-order valence-corrected chi connectivity index (χ0v) is 12.5. The van der Waals surface area contributed by atoms with Gasteiger partial charge in [0.05, 0.1) is 17.4 Å². The maximum absolute atomic E-state index is 13.3. The summed E-state index contributed by atoms with van der Waals surface area (Å²) in [6.07, 6.45) is 4.09. The number of fused-ring (bicyclic) bond motifs is 2. The summed E-state index contributed by atoms with van der Waals surface area (Å²) in [6, 6.07) is 6.77.